The van der Waals surface area contributed by atoms with Crippen LogP contribution in [0.2, 0.25) is 0 Å². The van der Waals surface area contributed by atoms with Crippen molar-refractivity contribution in [1.82, 2.24) is 10.4 Å². The number of carbonyl (C=O) groups excluding carboxylic acids is 1. The summed E-state index contributed by atoms with van der Waals surface area (Å²) in [7, 11) is 0. The summed E-state index contributed by atoms with van der Waals surface area (Å²) in [6.07, 6.45) is 2.58. The van der Waals surface area contributed by atoms with Gasteiger partial charge in [-0.05, 0) is 18.2 Å². The fourth-order valence-corrected chi connectivity index (χ4v) is 1.51. The molecule has 0 radical (unpaired) electrons. The Bertz CT molecular complexity index is 701. The average molecular weight is 286 g/mol. The molecule has 21 heavy (non-hydrogen) atoms. The molecule has 0 spiro atoms. The summed E-state index contributed by atoms with van der Waals surface area (Å²) in [4.78, 5) is 25.4. The van der Waals surface area contributed by atoms with Crippen molar-refractivity contribution < 1.29 is 14.8 Å². The van der Waals surface area contributed by atoms with Gasteiger partial charge >= 0.3 is 5.69 Å². The second-order valence-corrected chi connectivity index (χ2v) is 3.89. The summed E-state index contributed by atoms with van der Waals surface area (Å²) in [5.41, 5.74) is 2.07. The lowest BCUT2D eigenvalue weighted by Crippen LogP contribution is -2.18. The number of aromatic nitrogens is 1. The second-order valence-electron chi connectivity index (χ2n) is 3.89. The van der Waals surface area contributed by atoms with Crippen LogP contribution >= 0.6 is 0 Å². The maximum absolute atomic E-state index is 11.6. The summed E-state index contributed by atoms with van der Waals surface area (Å²) >= 11 is 0. The molecule has 106 valence electrons. The molecule has 0 unspecified atom stereocenters. The standard InChI is InChI=1S/C13H10N4O4/c18-12-9(4-3-6-11(12)17(20)21)8-15-16-13(19)10-5-1-2-7-14-10/h1-8,18H,(H,16,19)/b15-8-. The van der Waals surface area contributed by atoms with Gasteiger partial charge in [0.2, 0.25) is 5.75 Å². The first kappa shape index (κ1) is 14.1. The van der Waals surface area contributed by atoms with Gasteiger partial charge in [0.05, 0.1) is 11.1 Å². The minimum absolute atomic E-state index is 0.116. The quantitative estimate of drug-likeness (QED) is 0.501. The number of rotatable bonds is 4. The molecule has 0 fully saturated rings. The van der Waals surface area contributed by atoms with E-state index in [-0.39, 0.29) is 11.3 Å². The number of para-hydroxylation sites is 1. The van der Waals surface area contributed by atoms with Crippen molar-refractivity contribution in [2.75, 3.05) is 0 Å². The molecular weight excluding hydrogens is 276 g/mol. The van der Waals surface area contributed by atoms with Gasteiger partial charge in [-0.1, -0.05) is 12.1 Å². The molecular formula is C13H10N4O4. The minimum Gasteiger partial charge on any atom is -0.502 e. The fraction of sp³-hybridized carbons (Fsp3) is 0. The Kier molecular flexibility index (Phi) is 4.20. The van der Waals surface area contributed by atoms with E-state index in [1.54, 1.807) is 12.1 Å². The number of pyridine rings is 1. The molecule has 2 rings (SSSR count). The van der Waals surface area contributed by atoms with E-state index in [9.17, 15) is 20.0 Å². The van der Waals surface area contributed by atoms with Crippen LogP contribution in [-0.2, 0) is 0 Å². The van der Waals surface area contributed by atoms with E-state index in [2.05, 4.69) is 15.5 Å². The molecule has 0 aliphatic heterocycles. The van der Waals surface area contributed by atoms with Crippen LogP contribution in [0.3, 0.4) is 0 Å². The molecule has 1 aromatic heterocycles. The highest BCUT2D eigenvalue weighted by Crippen LogP contribution is 2.27. The van der Waals surface area contributed by atoms with Crippen molar-refractivity contribution in [2.24, 2.45) is 5.10 Å². The predicted molar refractivity (Wildman–Crippen MR) is 74.1 cm³/mol. The molecule has 0 saturated heterocycles. The molecule has 8 nitrogen and oxygen atoms in total. The number of carbonyl (C=O) groups is 1. The van der Waals surface area contributed by atoms with Crippen molar-refractivity contribution in [3.8, 4) is 5.75 Å². The van der Waals surface area contributed by atoms with Crippen molar-refractivity contribution in [2.45, 2.75) is 0 Å². The number of hydrazone groups is 1. The molecule has 2 N–H and O–H groups in total. The van der Waals surface area contributed by atoms with E-state index in [0.717, 1.165) is 6.21 Å². The topological polar surface area (TPSA) is 118 Å². The first-order valence-electron chi connectivity index (χ1n) is 5.80. The number of phenols is 1. The lowest BCUT2D eigenvalue weighted by atomic mass is 10.2. The third-order valence-electron chi connectivity index (χ3n) is 2.51. The van der Waals surface area contributed by atoms with Crippen LogP contribution in [0.5, 0.6) is 5.75 Å². The van der Waals surface area contributed by atoms with Gasteiger partial charge in [-0.3, -0.25) is 19.9 Å². The average Bonchev–Trinajstić information content (AvgIpc) is 2.49. The number of amides is 1. The Labute approximate surface area is 118 Å². The van der Waals surface area contributed by atoms with Crippen molar-refractivity contribution in [3.05, 3.63) is 64.0 Å². The Balaban J connectivity index is 2.10. The van der Waals surface area contributed by atoms with Crippen LogP contribution in [0.15, 0.2) is 47.7 Å². The monoisotopic (exact) mass is 286 g/mol. The van der Waals surface area contributed by atoms with Crippen LogP contribution in [0.1, 0.15) is 16.1 Å². The van der Waals surface area contributed by atoms with Crippen molar-refractivity contribution in [3.63, 3.8) is 0 Å². The lowest BCUT2D eigenvalue weighted by Gasteiger charge is -2.00. The largest absolute Gasteiger partial charge is 0.502 e. The smallest absolute Gasteiger partial charge is 0.311 e. The second kappa shape index (κ2) is 6.24. The molecule has 0 aliphatic rings. The Morgan fingerprint density at radius 1 is 1.33 bits per heavy atom. The summed E-state index contributed by atoms with van der Waals surface area (Å²) < 4.78 is 0. The van der Waals surface area contributed by atoms with Crippen LogP contribution in [0, 0.1) is 10.1 Å². The predicted octanol–water partition coefficient (Wildman–Crippen LogP) is 1.46. The summed E-state index contributed by atoms with van der Waals surface area (Å²) in [5, 5.41) is 24.0. The third kappa shape index (κ3) is 3.38. The number of nitro benzene ring substituents is 1. The molecule has 2 aromatic rings. The van der Waals surface area contributed by atoms with Gasteiger partial charge in [-0.15, -0.1) is 0 Å². The van der Waals surface area contributed by atoms with Gasteiger partial charge in [-0.2, -0.15) is 5.10 Å². The zero-order chi connectivity index (χ0) is 15.2. The number of aromatic hydroxyl groups is 1. The molecule has 0 atom stereocenters. The van der Waals surface area contributed by atoms with Crippen molar-refractivity contribution in [1.29, 1.82) is 0 Å². The fourth-order valence-electron chi connectivity index (χ4n) is 1.51. The number of nitro groups is 1. The highest BCUT2D eigenvalue weighted by atomic mass is 16.6. The number of hydrogen-bond acceptors (Lipinski definition) is 6. The van der Waals surface area contributed by atoms with Gasteiger partial charge < -0.3 is 5.11 Å². The highest BCUT2D eigenvalue weighted by molar-refractivity contribution is 5.93. The van der Waals surface area contributed by atoms with E-state index in [0.29, 0.717) is 0 Å². The zero-order valence-electron chi connectivity index (χ0n) is 10.6. The molecule has 0 aliphatic carbocycles. The van der Waals surface area contributed by atoms with E-state index in [4.69, 9.17) is 0 Å². The minimum atomic E-state index is -0.709. The lowest BCUT2D eigenvalue weighted by molar-refractivity contribution is -0.385. The normalized spacial score (nSPS) is 10.5. The van der Waals surface area contributed by atoms with Crippen LogP contribution in [0.4, 0.5) is 5.69 Å². The molecule has 8 heteroatoms. The number of hydrogen-bond donors (Lipinski definition) is 2. The highest BCUT2D eigenvalue weighted by Gasteiger charge is 2.15. The molecule has 0 bridgehead atoms. The van der Waals surface area contributed by atoms with Crippen LogP contribution in [-0.4, -0.2) is 27.1 Å². The maximum atomic E-state index is 11.6. The maximum Gasteiger partial charge on any atom is 0.311 e. The van der Waals surface area contributed by atoms with Crippen LogP contribution in [0.25, 0.3) is 0 Å². The van der Waals surface area contributed by atoms with Gasteiger partial charge in [0.1, 0.15) is 5.69 Å². The summed E-state index contributed by atoms with van der Waals surface area (Å²) in [6, 6.07) is 8.83. The molecule has 1 heterocycles. The van der Waals surface area contributed by atoms with Gasteiger partial charge in [0, 0.05) is 17.8 Å². The van der Waals surface area contributed by atoms with E-state index in [1.165, 1.54) is 30.5 Å². The molecule has 1 amide bonds. The van der Waals surface area contributed by atoms with Crippen LogP contribution < -0.4 is 5.43 Å². The van der Waals surface area contributed by atoms with Gasteiger partial charge in [0.15, 0.2) is 0 Å². The number of nitrogens with zero attached hydrogens (tertiary/aromatic N) is 3. The number of phenolic OH excluding ortho intramolecular Hbond substituents is 1. The first-order chi connectivity index (χ1) is 10.1. The Morgan fingerprint density at radius 3 is 2.81 bits per heavy atom. The summed E-state index contributed by atoms with van der Waals surface area (Å²) in [5.74, 6) is -1.05. The summed E-state index contributed by atoms with van der Waals surface area (Å²) in [6.45, 7) is 0. The molecule has 0 saturated carbocycles. The van der Waals surface area contributed by atoms with E-state index >= 15 is 0 Å². The SMILES string of the molecule is O=C(N/N=C\c1cccc([N+](=O)[O-])c1O)c1ccccn1. The van der Waals surface area contributed by atoms with E-state index in [1.807, 2.05) is 0 Å². The first-order valence-corrected chi connectivity index (χ1v) is 5.80. The Morgan fingerprint density at radius 2 is 2.14 bits per heavy atom. The Hall–Kier alpha value is -3.29. The zero-order valence-corrected chi connectivity index (χ0v) is 10.6. The van der Waals surface area contributed by atoms with Gasteiger partial charge in [0.25, 0.3) is 5.91 Å². The van der Waals surface area contributed by atoms with E-state index < -0.39 is 22.3 Å². The number of benzene rings is 1. The van der Waals surface area contributed by atoms with Crippen molar-refractivity contribution >= 4 is 17.8 Å². The van der Waals surface area contributed by atoms with Gasteiger partial charge in [-0.25, -0.2) is 5.43 Å². The number of nitrogens with one attached hydrogen (secondary N) is 1. The molecule has 1 aromatic carbocycles. The third-order valence-corrected chi connectivity index (χ3v) is 2.51.